The molecule has 0 radical (unpaired) electrons. The summed E-state index contributed by atoms with van der Waals surface area (Å²) in [4.78, 5) is 1.36. The molecule has 0 bridgehead atoms. The first kappa shape index (κ1) is 13.0. The van der Waals surface area contributed by atoms with E-state index in [1.54, 1.807) is 11.3 Å². The highest BCUT2D eigenvalue weighted by Gasteiger charge is 2.16. The summed E-state index contributed by atoms with van der Waals surface area (Å²) in [5.41, 5.74) is 2.66. The smallest absolute Gasteiger partial charge is 0.0731 e. The highest BCUT2D eigenvalue weighted by Crippen LogP contribution is 2.35. The molecule has 0 saturated heterocycles. The standard InChI is InChI=1S/C11H11BrINS2/c1-6-3-8(16-11(6)12)10(14-2)7-4-9(13)15-5-7/h3-5,10,14H,1-2H3. The van der Waals surface area contributed by atoms with Crippen LogP contribution in [0.15, 0.2) is 21.3 Å². The Balaban J connectivity index is 2.36. The Bertz CT molecular complexity index is 472. The Morgan fingerprint density at radius 3 is 2.62 bits per heavy atom. The van der Waals surface area contributed by atoms with Gasteiger partial charge in [-0.25, -0.2) is 0 Å². The zero-order valence-electron chi connectivity index (χ0n) is 8.88. The maximum atomic E-state index is 3.58. The van der Waals surface area contributed by atoms with Crippen LogP contribution in [0.3, 0.4) is 0 Å². The van der Waals surface area contributed by atoms with E-state index in [4.69, 9.17) is 0 Å². The molecule has 0 amide bonds. The van der Waals surface area contributed by atoms with Crippen LogP contribution in [-0.2, 0) is 0 Å². The Morgan fingerprint density at radius 1 is 1.44 bits per heavy atom. The van der Waals surface area contributed by atoms with Crippen LogP contribution in [0.2, 0.25) is 0 Å². The normalized spacial score (nSPS) is 13.0. The monoisotopic (exact) mass is 427 g/mol. The van der Waals surface area contributed by atoms with Crippen LogP contribution in [0.1, 0.15) is 22.0 Å². The summed E-state index contributed by atoms with van der Waals surface area (Å²) >= 11 is 9.55. The van der Waals surface area contributed by atoms with Crippen LogP contribution >= 0.6 is 61.2 Å². The summed E-state index contributed by atoms with van der Waals surface area (Å²) in [5, 5.41) is 5.61. The average Bonchev–Trinajstić information content (AvgIpc) is 2.77. The number of hydrogen-bond acceptors (Lipinski definition) is 3. The van der Waals surface area contributed by atoms with Crippen LogP contribution in [0.5, 0.6) is 0 Å². The lowest BCUT2D eigenvalue weighted by Crippen LogP contribution is -2.15. The molecule has 2 aromatic rings. The topological polar surface area (TPSA) is 12.0 Å². The second-order valence-corrected chi connectivity index (χ2v) is 8.72. The maximum absolute atomic E-state index is 3.58. The van der Waals surface area contributed by atoms with Crippen molar-refractivity contribution in [2.75, 3.05) is 7.05 Å². The minimum atomic E-state index is 0.315. The van der Waals surface area contributed by atoms with Gasteiger partial charge in [0.1, 0.15) is 0 Å². The molecule has 2 aromatic heterocycles. The fourth-order valence-corrected chi connectivity index (χ4v) is 4.68. The van der Waals surface area contributed by atoms with Gasteiger partial charge in [-0.2, -0.15) is 0 Å². The van der Waals surface area contributed by atoms with E-state index < -0.39 is 0 Å². The molecule has 16 heavy (non-hydrogen) atoms. The lowest BCUT2D eigenvalue weighted by molar-refractivity contribution is 0.706. The van der Waals surface area contributed by atoms with Crippen LogP contribution < -0.4 is 5.32 Å². The maximum Gasteiger partial charge on any atom is 0.0731 e. The zero-order chi connectivity index (χ0) is 11.7. The summed E-state index contributed by atoms with van der Waals surface area (Å²) in [5.74, 6) is 0. The summed E-state index contributed by atoms with van der Waals surface area (Å²) in [6.45, 7) is 2.13. The largest absolute Gasteiger partial charge is 0.309 e. The second kappa shape index (κ2) is 5.48. The minimum Gasteiger partial charge on any atom is -0.309 e. The van der Waals surface area contributed by atoms with Crippen molar-refractivity contribution in [2.45, 2.75) is 13.0 Å². The summed E-state index contributed by atoms with van der Waals surface area (Å²) < 4.78 is 2.56. The van der Waals surface area contributed by atoms with Gasteiger partial charge in [-0.05, 0) is 81.1 Å². The van der Waals surface area contributed by atoms with Crippen LogP contribution in [0.25, 0.3) is 0 Å². The van der Waals surface area contributed by atoms with E-state index in [-0.39, 0.29) is 0 Å². The van der Waals surface area contributed by atoms with Crippen LogP contribution in [0, 0.1) is 9.81 Å². The number of hydrogen-bond donors (Lipinski definition) is 1. The van der Waals surface area contributed by atoms with Gasteiger partial charge in [-0.3, -0.25) is 0 Å². The SMILES string of the molecule is CNC(c1csc(I)c1)c1cc(C)c(Br)s1. The minimum absolute atomic E-state index is 0.315. The first-order chi connectivity index (χ1) is 7.61. The molecule has 1 nitrogen and oxygen atoms in total. The van der Waals surface area contributed by atoms with Crippen molar-refractivity contribution < 1.29 is 0 Å². The van der Waals surface area contributed by atoms with E-state index in [0.29, 0.717) is 6.04 Å². The van der Waals surface area contributed by atoms with Crippen molar-refractivity contribution in [1.29, 1.82) is 0 Å². The summed E-state index contributed by atoms with van der Waals surface area (Å²) in [6.07, 6.45) is 0. The fraction of sp³-hybridized carbons (Fsp3) is 0.273. The van der Waals surface area contributed by atoms with Crippen molar-refractivity contribution in [3.63, 3.8) is 0 Å². The van der Waals surface area contributed by atoms with E-state index in [9.17, 15) is 0 Å². The Morgan fingerprint density at radius 2 is 2.19 bits per heavy atom. The molecule has 0 aliphatic heterocycles. The molecule has 1 atom stereocenters. The molecule has 0 aliphatic carbocycles. The first-order valence-electron chi connectivity index (χ1n) is 4.79. The number of nitrogens with one attached hydrogen (secondary N) is 1. The molecule has 0 aliphatic rings. The molecule has 86 valence electrons. The molecule has 2 rings (SSSR count). The van der Waals surface area contributed by atoms with Gasteiger partial charge in [-0.1, -0.05) is 0 Å². The third-order valence-electron chi connectivity index (χ3n) is 2.37. The van der Waals surface area contributed by atoms with Gasteiger partial charge in [-0.15, -0.1) is 22.7 Å². The molecule has 0 saturated carbocycles. The van der Waals surface area contributed by atoms with E-state index >= 15 is 0 Å². The molecule has 5 heteroatoms. The Kier molecular flexibility index (Phi) is 4.45. The van der Waals surface area contributed by atoms with Crippen LogP contribution in [0.4, 0.5) is 0 Å². The quantitative estimate of drug-likeness (QED) is 0.694. The predicted octanol–water partition coefficient (Wildman–Crippen LogP) is 4.79. The number of halogens is 2. The van der Waals surface area contributed by atoms with Gasteiger partial charge in [0.15, 0.2) is 0 Å². The molecular formula is C11H11BrINS2. The molecule has 1 N–H and O–H groups in total. The van der Waals surface area contributed by atoms with Gasteiger partial charge in [0, 0.05) is 4.88 Å². The lowest BCUT2D eigenvalue weighted by atomic mass is 10.1. The zero-order valence-corrected chi connectivity index (χ0v) is 14.3. The first-order valence-corrected chi connectivity index (χ1v) is 8.35. The summed E-state index contributed by atoms with van der Waals surface area (Å²) in [6, 6.07) is 4.81. The van der Waals surface area contributed by atoms with Gasteiger partial charge in [0.05, 0.1) is 12.7 Å². The van der Waals surface area contributed by atoms with Gasteiger partial charge >= 0.3 is 0 Å². The van der Waals surface area contributed by atoms with Gasteiger partial charge in [0.25, 0.3) is 0 Å². The lowest BCUT2D eigenvalue weighted by Gasteiger charge is -2.12. The molecule has 2 heterocycles. The molecule has 1 unspecified atom stereocenters. The van der Waals surface area contributed by atoms with Crippen molar-refractivity contribution >= 4 is 61.2 Å². The fourth-order valence-electron chi connectivity index (χ4n) is 1.57. The third-order valence-corrected chi connectivity index (χ3v) is 6.38. The second-order valence-electron chi connectivity index (χ2n) is 3.51. The van der Waals surface area contributed by atoms with Gasteiger partial charge in [0.2, 0.25) is 0 Å². The number of aryl methyl sites for hydroxylation is 1. The number of thiophene rings is 2. The van der Waals surface area contributed by atoms with Crippen molar-refractivity contribution in [1.82, 2.24) is 5.32 Å². The van der Waals surface area contributed by atoms with Crippen molar-refractivity contribution in [3.8, 4) is 0 Å². The van der Waals surface area contributed by atoms with E-state index in [1.165, 1.54) is 22.7 Å². The summed E-state index contributed by atoms with van der Waals surface area (Å²) in [7, 11) is 2.01. The highest BCUT2D eigenvalue weighted by molar-refractivity contribution is 14.1. The average molecular weight is 428 g/mol. The van der Waals surface area contributed by atoms with E-state index in [1.807, 2.05) is 18.4 Å². The highest BCUT2D eigenvalue weighted by atomic mass is 127. The Hall–Kier alpha value is 0.570. The molecule has 0 fully saturated rings. The van der Waals surface area contributed by atoms with Crippen molar-refractivity contribution in [2.24, 2.45) is 0 Å². The molecule has 0 aromatic carbocycles. The number of rotatable bonds is 3. The third kappa shape index (κ3) is 2.69. The van der Waals surface area contributed by atoms with E-state index in [0.717, 1.165) is 0 Å². The van der Waals surface area contributed by atoms with Gasteiger partial charge < -0.3 is 5.32 Å². The van der Waals surface area contributed by atoms with Crippen molar-refractivity contribution in [3.05, 3.63) is 40.2 Å². The van der Waals surface area contributed by atoms with E-state index in [2.05, 4.69) is 68.3 Å². The molecular weight excluding hydrogens is 417 g/mol. The predicted molar refractivity (Wildman–Crippen MR) is 84.7 cm³/mol. The molecule has 0 spiro atoms. The Labute approximate surface area is 126 Å². The van der Waals surface area contributed by atoms with Crippen LogP contribution in [-0.4, -0.2) is 7.05 Å².